The van der Waals surface area contributed by atoms with Crippen molar-refractivity contribution in [3.05, 3.63) is 34.6 Å². The van der Waals surface area contributed by atoms with Gasteiger partial charge >= 0.3 is 0 Å². The lowest BCUT2D eigenvalue weighted by molar-refractivity contribution is 0.535. The van der Waals surface area contributed by atoms with E-state index in [-0.39, 0.29) is 11.9 Å². The zero-order chi connectivity index (χ0) is 11.3. The van der Waals surface area contributed by atoms with E-state index in [0.717, 1.165) is 0 Å². The summed E-state index contributed by atoms with van der Waals surface area (Å²) in [7, 11) is 0. The molecular weight excluding hydrogens is 213 g/mol. The maximum atomic E-state index is 13.3. The van der Waals surface area contributed by atoms with Crippen LogP contribution in [0.1, 0.15) is 18.9 Å². The Kier molecular flexibility index (Phi) is 4.61. The molecule has 0 aromatic heterocycles. The molecule has 15 heavy (non-hydrogen) atoms. The summed E-state index contributed by atoms with van der Waals surface area (Å²) in [6.07, 6.45) is 5.79. The molecule has 0 saturated heterocycles. The van der Waals surface area contributed by atoms with E-state index < -0.39 is 0 Å². The Balaban J connectivity index is 2.62. The van der Waals surface area contributed by atoms with Crippen molar-refractivity contribution in [2.75, 3.05) is 0 Å². The van der Waals surface area contributed by atoms with Crippen LogP contribution in [0.5, 0.6) is 0 Å². The lowest BCUT2D eigenvalue weighted by Gasteiger charge is -2.12. The Morgan fingerprint density at radius 1 is 1.60 bits per heavy atom. The van der Waals surface area contributed by atoms with Gasteiger partial charge in [-0.25, -0.2) is 4.39 Å². The molecule has 0 heterocycles. The fraction of sp³-hybridized carbons (Fsp3) is 0.333. The quantitative estimate of drug-likeness (QED) is 0.777. The molecule has 3 heteroatoms. The maximum Gasteiger partial charge on any atom is 0.129 e. The summed E-state index contributed by atoms with van der Waals surface area (Å²) < 4.78 is 13.3. The molecular formula is C12H13ClFN. The Labute approximate surface area is 94.6 Å². The zero-order valence-corrected chi connectivity index (χ0v) is 9.31. The third-order valence-electron chi connectivity index (χ3n) is 2.11. The van der Waals surface area contributed by atoms with Gasteiger partial charge in [0, 0.05) is 29.6 Å². The van der Waals surface area contributed by atoms with Crippen molar-refractivity contribution in [3.63, 3.8) is 0 Å². The summed E-state index contributed by atoms with van der Waals surface area (Å²) >= 11 is 5.87. The number of hydrogen-bond donors (Lipinski definition) is 1. The van der Waals surface area contributed by atoms with E-state index in [4.69, 9.17) is 18.0 Å². The van der Waals surface area contributed by atoms with Crippen LogP contribution in [0, 0.1) is 18.2 Å². The monoisotopic (exact) mass is 225 g/mol. The highest BCUT2D eigenvalue weighted by Gasteiger charge is 2.07. The lowest BCUT2D eigenvalue weighted by atomic mass is 10.2. The van der Waals surface area contributed by atoms with Gasteiger partial charge in [0.25, 0.3) is 0 Å². The minimum atomic E-state index is -0.289. The Hall–Kier alpha value is -1.04. The number of benzene rings is 1. The molecule has 0 saturated carbocycles. The number of terminal acetylenes is 1. The van der Waals surface area contributed by atoms with Crippen molar-refractivity contribution in [1.29, 1.82) is 0 Å². The molecule has 0 fully saturated rings. The van der Waals surface area contributed by atoms with Gasteiger partial charge in [-0.1, -0.05) is 17.7 Å². The molecule has 1 aromatic carbocycles. The van der Waals surface area contributed by atoms with Crippen molar-refractivity contribution < 1.29 is 4.39 Å². The first kappa shape index (κ1) is 12.0. The molecule has 0 spiro atoms. The summed E-state index contributed by atoms with van der Waals surface area (Å²) in [5.41, 5.74) is 0.489. The highest BCUT2D eigenvalue weighted by atomic mass is 35.5. The number of rotatable bonds is 4. The van der Waals surface area contributed by atoms with Gasteiger partial charge in [0.05, 0.1) is 0 Å². The normalized spacial score (nSPS) is 12.1. The van der Waals surface area contributed by atoms with Crippen molar-refractivity contribution in [2.45, 2.75) is 25.9 Å². The minimum absolute atomic E-state index is 0.158. The molecule has 0 amide bonds. The lowest BCUT2D eigenvalue weighted by Crippen LogP contribution is -2.25. The van der Waals surface area contributed by atoms with Crippen LogP contribution < -0.4 is 5.32 Å². The number of halogens is 2. The van der Waals surface area contributed by atoms with Gasteiger partial charge in [0.2, 0.25) is 0 Å². The van der Waals surface area contributed by atoms with Gasteiger partial charge in [0.15, 0.2) is 0 Å². The fourth-order valence-corrected chi connectivity index (χ4v) is 1.46. The van der Waals surface area contributed by atoms with Gasteiger partial charge in [-0.3, -0.25) is 0 Å². The molecule has 1 nitrogen and oxygen atoms in total. The predicted molar refractivity (Wildman–Crippen MR) is 61.2 cm³/mol. The van der Waals surface area contributed by atoms with Crippen molar-refractivity contribution in [3.8, 4) is 12.3 Å². The third kappa shape index (κ3) is 3.54. The van der Waals surface area contributed by atoms with Crippen LogP contribution in [0.3, 0.4) is 0 Å². The summed E-state index contributed by atoms with van der Waals surface area (Å²) in [5, 5.41) is 3.55. The van der Waals surface area contributed by atoms with Gasteiger partial charge in [-0.15, -0.1) is 12.3 Å². The number of nitrogens with one attached hydrogen (secondary N) is 1. The molecule has 1 unspecified atom stereocenters. The van der Waals surface area contributed by atoms with E-state index in [1.165, 1.54) is 6.07 Å². The molecule has 0 radical (unpaired) electrons. The first-order valence-electron chi connectivity index (χ1n) is 4.75. The SMILES string of the molecule is C#CCC(C)NCc1c(F)cccc1Cl. The third-order valence-corrected chi connectivity index (χ3v) is 2.47. The highest BCUT2D eigenvalue weighted by Crippen LogP contribution is 2.18. The topological polar surface area (TPSA) is 12.0 Å². The summed E-state index contributed by atoms with van der Waals surface area (Å²) in [6.45, 7) is 2.35. The van der Waals surface area contributed by atoms with E-state index >= 15 is 0 Å². The smallest absolute Gasteiger partial charge is 0.129 e. The van der Waals surface area contributed by atoms with Crippen LogP contribution in [-0.2, 0) is 6.54 Å². The van der Waals surface area contributed by atoms with E-state index in [1.807, 2.05) is 6.92 Å². The molecule has 1 rings (SSSR count). The largest absolute Gasteiger partial charge is 0.309 e. The van der Waals surface area contributed by atoms with Gasteiger partial charge in [0.1, 0.15) is 5.82 Å². The first-order chi connectivity index (χ1) is 7.15. The fourth-order valence-electron chi connectivity index (χ4n) is 1.23. The van der Waals surface area contributed by atoms with E-state index in [1.54, 1.807) is 12.1 Å². The second-order valence-corrected chi connectivity index (χ2v) is 3.80. The molecule has 1 aromatic rings. The summed E-state index contributed by atoms with van der Waals surface area (Å²) in [5.74, 6) is 2.25. The van der Waals surface area contributed by atoms with E-state index in [0.29, 0.717) is 23.6 Å². The average molecular weight is 226 g/mol. The van der Waals surface area contributed by atoms with Crippen LogP contribution in [-0.4, -0.2) is 6.04 Å². The highest BCUT2D eigenvalue weighted by molar-refractivity contribution is 6.31. The van der Waals surface area contributed by atoms with Crippen LogP contribution in [0.4, 0.5) is 4.39 Å². The molecule has 0 aliphatic carbocycles. The Bertz CT molecular complexity index is 350. The molecule has 0 bridgehead atoms. The first-order valence-corrected chi connectivity index (χ1v) is 5.12. The summed E-state index contributed by atoms with van der Waals surface area (Å²) in [6, 6.07) is 4.82. The molecule has 80 valence electrons. The molecule has 0 aliphatic rings. The van der Waals surface area contributed by atoms with Crippen molar-refractivity contribution >= 4 is 11.6 Å². The average Bonchev–Trinajstić information content (AvgIpc) is 2.17. The Morgan fingerprint density at radius 2 is 2.33 bits per heavy atom. The van der Waals surface area contributed by atoms with Crippen LogP contribution >= 0.6 is 11.6 Å². The van der Waals surface area contributed by atoms with Gasteiger partial charge in [-0.05, 0) is 19.1 Å². The second kappa shape index (κ2) is 5.75. The summed E-state index contributed by atoms with van der Waals surface area (Å²) in [4.78, 5) is 0. The maximum absolute atomic E-state index is 13.3. The van der Waals surface area contributed by atoms with Gasteiger partial charge in [-0.2, -0.15) is 0 Å². The molecule has 1 atom stereocenters. The van der Waals surface area contributed by atoms with Gasteiger partial charge < -0.3 is 5.32 Å². The van der Waals surface area contributed by atoms with Crippen molar-refractivity contribution in [1.82, 2.24) is 5.32 Å². The van der Waals surface area contributed by atoms with E-state index in [9.17, 15) is 4.39 Å². The van der Waals surface area contributed by atoms with Crippen LogP contribution in [0.15, 0.2) is 18.2 Å². The van der Waals surface area contributed by atoms with Crippen LogP contribution in [0.2, 0.25) is 5.02 Å². The number of hydrogen-bond acceptors (Lipinski definition) is 1. The van der Waals surface area contributed by atoms with Crippen LogP contribution in [0.25, 0.3) is 0 Å². The molecule has 1 N–H and O–H groups in total. The zero-order valence-electron chi connectivity index (χ0n) is 8.56. The van der Waals surface area contributed by atoms with E-state index in [2.05, 4.69) is 11.2 Å². The minimum Gasteiger partial charge on any atom is -0.309 e. The predicted octanol–water partition coefficient (Wildman–Crippen LogP) is 2.98. The standard InChI is InChI=1S/C12H13ClFN/c1-3-5-9(2)15-8-10-11(13)6-4-7-12(10)14/h1,4,6-7,9,15H,5,8H2,2H3. The molecule has 0 aliphatic heterocycles. The Morgan fingerprint density at radius 3 is 2.93 bits per heavy atom. The van der Waals surface area contributed by atoms with Crippen molar-refractivity contribution in [2.24, 2.45) is 0 Å². The second-order valence-electron chi connectivity index (χ2n) is 3.39.